The molecular weight excluding hydrogens is 308 g/mol. The zero-order valence-electron chi connectivity index (χ0n) is 13.7. The van der Waals surface area contributed by atoms with Crippen LogP contribution in [0.2, 0.25) is 0 Å². The molecule has 0 aliphatic heterocycles. The maximum atomic E-state index is 11.8. The Morgan fingerprint density at radius 1 is 1.42 bits per heavy atom. The van der Waals surface area contributed by atoms with Crippen molar-refractivity contribution in [1.82, 2.24) is 20.8 Å². The van der Waals surface area contributed by atoms with E-state index in [0.717, 1.165) is 11.3 Å². The van der Waals surface area contributed by atoms with Crippen molar-refractivity contribution in [2.45, 2.75) is 26.3 Å². The highest BCUT2D eigenvalue weighted by Gasteiger charge is 2.14. The minimum atomic E-state index is -0.348. The van der Waals surface area contributed by atoms with E-state index < -0.39 is 0 Å². The molecule has 1 aromatic heterocycles. The molecule has 2 N–H and O–H groups in total. The van der Waals surface area contributed by atoms with Crippen LogP contribution in [0.4, 0.5) is 4.79 Å². The number of amides is 2. The molecule has 0 unspecified atom stereocenters. The molecule has 0 fully saturated rings. The average molecular weight is 328 g/mol. The molecule has 0 aliphatic rings. The number of terminal acetylenes is 1. The predicted octanol–water partition coefficient (Wildman–Crippen LogP) is 1.99. The van der Waals surface area contributed by atoms with Gasteiger partial charge in [-0.2, -0.15) is 4.98 Å². The fourth-order valence-corrected chi connectivity index (χ4v) is 2.00. The molecule has 0 bridgehead atoms. The molecule has 1 heterocycles. The summed E-state index contributed by atoms with van der Waals surface area (Å²) in [6.07, 6.45) is 5.84. The standard InChI is InChI=1S/C17H20N4O3/c1-4-11-23-15-7-5-14(6-8-15)9-10-18-17(22)19-12(2)16-20-13(3)21-24-16/h1,5-8,12H,9-11H2,2-3H3,(H2,18,19,22)/t12-/m0/s1. The maximum Gasteiger partial charge on any atom is 0.315 e. The normalized spacial score (nSPS) is 11.4. The van der Waals surface area contributed by atoms with Gasteiger partial charge in [0.2, 0.25) is 5.89 Å². The van der Waals surface area contributed by atoms with Crippen molar-refractivity contribution in [3.05, 3.63) is 41.5 Å². The number of nitrogens with zero attached hydrogens (tertiary/aromatic N) is 2. The molecule has 126 valence electrons. The fraction of sp³-hybridized carbons (Fsp3) is 0.353. The fourth-order valence-electron chi connectivity index (χ4n) is 2.00. The Hall–Kier alpha value is -3.01. The van der Waals surface area contributed by atoms with E-state index in [2.05, 4.69) is 26.7 Å². The molecule has 24 heavy (non-hydrogen) atoms. The molecular formula is C17H20N4O3. The highest BCUT2D eigenvalue weighted by molar-refractivity contribution is 5.74. The van der Waals surface area contributed by atoms with Gasteiger partial charge in [-0.05, 0) is 38.0 Å². The first kappa shape index (κ1) is 17.3. The third-order valence-corrected chi connectivity index (χ3v) is 3.21. The molecule has 7 heteroatoms. The van der Waals surface area contributed by atoms with Crippen molar-refractivity contribution in [3.8, 4) is 18.1 Å². The number of ether oxygens (including phenoxy) is 1. The van der Waals surface area contributed by atoms with Gasteiger partial charge in [0, 0.05) is 6.54 Å². The Bertz CT molecular complexity index is 703. The van der Waals surface area contributed by atoms with Crippen LogP contribution in [0.3, 0.4) is 0 Å². The van der Waals surface area contributed by atoms with Crippen LogP contribution in [0.5, 0.6) is 5.75 Å². The Morgan fingerprint density at radius 3 is 2.79 bits per heavy atom. The summed E-state index contributed by atoms with van der Waals surface area (Å²) < 4.78 is 10.3. The topological polar surface area (TPSA) is 89.3 Å². The van der Waals surface area contributed by atoms with E-state index in [-0.39, 0.29) is 18.7 Å². The summed E-state index contributed by atoms with van der Waals surface area (Å²) in [4.78, 5) is 15.9. The second kappa shape index (κ2) is 8.58. The van der Waals surface area contributed by atoms with Gasteiger partial charge in [0.25, 0.3) is 0 Å². The van der Waals surface area contributed by atoms with Crippen LogP contribution < -0.4 is 15.4 Å². The van der Waals surface area contributed by atoms with E-state index in [0.29, 0.717) is 24.7 Å². The predicted molar refractivity (Wildman–Crippen MR) is 88.5 cm³/mol. The first-order chi connectivity index (χ1) is 11.6. The smallest absolute Gasteiger partial charge is 0.315 e. The minimum absolute atomic E-state index is 0.249. The van der Waals surface area contributed by atoms with Gasteiger partial charge >= 0.3 is 6.03 Å². The molecule has 2 rings (SSSR count). The largest absolute Gasteiger partial charge is 0.481 e. The average Bonchev–Trinajstić information content (AvgIpc) is 3.01. The van der Waals surface area contributed by atoms with E-state index in [4.69, 9.17) is 15.7 Å². The second-order valence-corrected chi connectivity index (χ2v) is 5.19. The van der Waals surface area contributed by atoms with Crippen molar-refractivity contribution in [3.63, 3.8) is 0 Å². The Balaban J connectivity index is 1.71. The van der Waals surface area contributed by atoms with Crippen LogP contribution in [-0.2, 0) is 6.42 Å². The number of benzene rings is 1. The Kier molecular flexibility index (Phi) is 6.20. The highest BCUT2D eigenvalue weighted by atomic mass is 16.5. The lowest BCUT2D eigenvalue weighted by Crippen LogP contribution is -2.38. The van der Waals surface area contributed by atoms with Gasteiger partial charge in [-0.15, -0.1) is 6.42 Å². The van der Waals surface area contributed by atoms with E-state index in [1.165, 1.54) is 0 Å². The first-order valence-corrected chi connectivity index (χ1v) is 7.58. The molecule has 0 radical (unpaired) electrons. The Labute approximate surface area is 140 Å². The number of aryl methyl sites for hydroxylation is 1. The summed E-state index contributed by atoms with van der Waals surface area (Å²) in [5.74, 6) is 4.06. The maximum absolute atomic E-state index is 11.8. The van der Waals surface area contributed by atoms with Gasteiger partial charge in [0.15, 0.2) is 5.82 Å². The summed E-state index contributed by atoms with van der Waals surface area (Å²) >= 11 is 0. The van der Waals surface area contributed by atoms with Crippen molar-refractivity contribution in [2.75, 3.05) is 13.2 Å². The molecule has 0 aliphatic carbocycles. The van der Waals surface area contributed by atoms with E-state index >= 15 is 0 Å². The molecule has 0 spiro atoms. The summed E-state index contributed by atoms with van der Waals surface area (Å²) in [6.45, 7) is 4.26. The van der Waals surface area contributed by atoms with Crippen molar-refractivity contribution in [1.29, 1.82) is 0 Å². The van der Waals surface area contributed by atoms with Crippen molar-refractivity contribution >= 4 is 6.03 Å². The summed E-state index contributed by atoms with van der Waals surface area (Å²) in [5, 5.41) is 9.23. The van der Waals surface area contributed by atoms with Gasteiger partial charge in [0.1, 0.15) is 18.4 Å². The second-order valence-electron chi connectivity index (χ2n) is 5.19. The van der Waals surface area contributed by atoms with Crippen LogP contribution in [0, 0.1) is 19.3 Å². The molecule has 7 nitrogen and oxygen atoms in total. The molecule has 2 amide bonds. The van der Waals surface area contributed by atoms with Crippen LogP contribution in [0.25, 0.3) is 0 Å². The van der Waals surface area contributed by atoms with E-state index in [1.807, 2.05) is 24.3 Å². The monoisotopic (exact) mass is 328 g/mol. The van der Waals surface area contributed by atoms with Crippen LogP contribution in [0.1, 0.15) is 30.2 Å². The van der Waals surface area contributed by atoms with Crippen molar-refractivity contribution < 1.29 is 14.1 Å². The third kappa shape index (κ3) is 5.32. The number of hydrogen-bond acceptors (Lipinski definition) is 5. The number of carbonyl (C=O) groups is 1. The quantitative estimate of drug-likeness (QED) is 0.759. The summed E-state index contributed by atoms with van der Waals surface area (Å²) in [7, 11) is 0. The number of aromatic nitrogens is 2. The number of urea groups is 1. The van der Waals surface area contributed by atoms with Gasteiger partial charge in [-0.3, -0.25) is 0 Å². The molecule has 2 aromatic rings. The number of nitrogens with one attached hydrogen (secondary N) is 2. The zero-order valence-corrected chi connectivity index (χ0v) is 13.7. The van der Waals surface area contributed by atoms with Crippen LogP contribution in [-0.4, -0.2) is 29.3 Å². The summed E-state index contributed by atoms with van der Waals surface area (Å²) in [6, 6.07) is 6.95. The van der Waals surface area contributed by atoms with Crippen molar-refractivity contribution in [2.24, 2.45) is 0 Å². The van der Waals surface area contributed by atoms with Crippen LogP contribution >= 0.6 is 0 Å². The molecule has 1 atom stereocenters. The highest BCUT2D eigenvalue weighted by Crippen LogP contribution is 2.12. The summed E-state index contributed by atoms with van der Waals surface area (Å²) in [5.41, 5.74) is 1.09. The van der Waals surface area contributed by atoms with E-state index in [1.54, 1.807) is 13.8 Å². The number of carbonyl (C=O) groups excluding carboxylic acids is 1. The van der Waals surface area contributed by atoms with Gasteiger partial charge in [0.05, 0.1) is 0 Å². The molecule has 0 saturated heterocycles. The lowest BCUT2D eigenvalue weighted by molar-refractivity contribution is 0.234. The third-order valence-electron chi connectivity index (χ3n) is 3.21. The number of rotatable bonds is 7. The van der Waals surface area contributed by atoms with Gasteiger partial charge in [-0.1, -0.05) is 23.2 Å². The first-order valence-electron chi connectivity index (χ1n) is 7.58. The molecule has 0 saturated carbocycles. The van der Waals surface area contributed by atoms with Gasteiger partial charge in [-0.25, -0.2) is 4.79 Å². The lowest BCUT2D eigenvalue weighted by atomic mass is 10.1. The zero-order chi connectivity index (χ0) is 17.4. The lowest BCUT2D eigenvalue weighted by Gasteiger charge is -2.11. The SMILES string of the molecule is C#CCOc1ccc(CCNC(=O)N[C@@H](C)c2nc(C)no2)cc1. The minimum Gasteiger partial charge on any atom is -0.481 e. The van der Waals surface area contributed by atoms with E-state index in [9.17, 15) is 4.79 Å². The number of hydrogen-bond donors (Lipinski definition) is 2. The Morgan fingerprint density at radius 2 is 2.17 bits per heavy atom. The van der Waals surface area contributed by atoms with Gasteiger partial charge < -0.3 is 19.9 Å². The van der Waals surface area contributed by atoms with Crippen LogP contribution in [0.15, 0.2) is 28.8 Å². The molecule has 1 aromatic carbocycles.